The van der Waals surface area contributed by atoms with Gasteiger partial charge in [-0.15, -0.1) is 11.3 Å². The molecule has 0 bridgehead atoms. The molecule has 1 aromatic heterocycles. The van der Waals surface area contributed by atoms with Crippen LogP contribution >= 0.6 is 38.9 Å². The van der Waals surface area contributed by atoms with Crippen LogP contribution in [0.5, 0.6) is 5.75 Å². The predicted molar refractivity (Wildman–Crippen MR) is 68.8 cm³/mol. The van der Waals surface area contributed by atoms with Gasteiger partial charge in [0.25, 0.3) is 0 Å². The molecule has 1 heterocycles. The van der Waals surface area contributed by atoms with Crippen molar-refractivity contribution in [3.63, 3.8) is 0 Å². The number of aromatic hydroxyl groups is 1. The third-order valence-corrected chi connectivity index (χ3v) is 3.88. The maximum Gasteiger partial charge on any atom is 0.137 e. The van der Waals surface area contributed by atoms with Crippen molar-refractivity contribution < 1.29 is 5.11 Å². The fourth-order valence-corrected chi connectivity index (χ4v) is 2.76. The number of thiophene rings is 1. The summed E-state index contributed by atoms with van der Waals surface area (Å²) < 4.78 is 1.08. The molecule has 0 radical (unpaired) electrons. The van der Waals surface area contributed by atoms with Crippen LogP contribution in [-0.2, 0) is 0 Å². The van der Waals surface area contributed by atoms with Crippen LogP contribution in [0.4, 0.5) is 0 Å². The molecule has 0 unspecified atom stereocenters. The van der Waals surface area contributed by atoms with Crippen LogP contribution < -0.4 is 0 Å². The van der Waals surface area contributed by atoms with Gasteiger partial charge < -0.3 is 5.11 Å². The summed E-state index contributed by atoms with van der Waals surface area (Å²) in [7, 11) is 0. The normalized spacial score (nSPS) is 10.1. The Hall–Kier alpha value is -1.02. The van der Waals surface area contributed by atoms with Crippen molar-refractivity contribution in [3.05, 3.63) is 38.0 Å². The molecule has 0 atom stereocenters. The van der Waals surface area contributed by atoms with Gasteiger partial charge in [-0.2, -0.15) is 5.26 Å². The Morgan fingerprint density at radius 3 is 2.69 bits per heavy atom. The zero-order valence-electron chi connectivity index (χ0n) is 7.87. The average Bonchev–Trinajstić information content (AvgIpc) is 2.68. The summed E-state index contributed by atoms with van der Waals surface area (Å²) in [5, 5.41) is 20.6. The van der Waals surface area contributed by atoms with E-state index in [4.69, 9.17) is 16.9 Å². The molecule has 0 aliphatic carbocycles. The van der Waals surface area contributed by atoms with E-state index in [1.807, 2.05) is 17.5 Å². The van der Waals surface area contributed by atoms with Crippen LogP contribution in [0.25, 0.3) is 11.1 Å². The molecule has 5 heteroatoms. The van der Waals surface area contributed by atoms with Gasteiger partial charge in [0.05, 0.1) is 16.1 Å². The highest BCUT2D eigenvalue weighted by atomic mass is 79.9. The summed E-state index contributed by atoms with van der Waals surface area (Å²) in [5.74, 6) is 0.0966. The van der Waals surface area contributed by atoms with Gasteiger partial charge in [-0.05, 0) is 39.5 Å². The van der Waals surface area contributed by atoms with E-state index >= 15 is 0 Å². The van der Waals surface area contributed by atoms with Crippen molar-refractivity contribution in [3.8, 4) is 22.9 Å². The Morgan fingerprint density at radius 1 is 1.38 bits per heavy atom. The molecule has 0 amide bonds. The Balaban J connectivity index is 2.70. The molecule has 2 nitrogen and oxygen atoms in total. The van der Waals surface area contributed by atoms with Crippen LogP contribution in [0.3, 0.4) is 0 Å². The van der Waals surface area contributed by atoms with E-state index in [1.54, 1.807) is 12.1 Å². The van der Waals surface area contributed by atoms with Crippen molar-refractivity contribution in [2.24, 2.45) is 0 Å². The van der Waals surface area contributed by atoms with Crippen LogP contribution in [0.2, 0.25) is 4.34 Å². The van der Waals surface area contributed by atoms with Gasteiger partial charge in [0, 0.05) is 11.1 Å². The molecular weight excluding hydrogens is 310 g/mol. The maximum absolute atomic E-state index is 9.90. The first-order valence-electron chi connectivity index (χ1n) is 4.29. The lowest BCUT2D eigenvalue weighted by atomic mass is 10.1. The highest BCUT2D eigenvalue weighted by molar-refractivity contribution is 9.10. The minimum atomic E-state index is 0.0966. The molecular formula is C11H5BrClNOS. The third-order valence-electron chi connectivity index (χ3n) is 2.10. The Labute approximate surface area is 110 Å². The van der Waals surface area contributed by atoms with E-state index in [2.05, 4.69) is 15.9 Å². The summed E-state index contributed by atoms with van der Waals surface area (Å²) in [6.07, 6.45) is 0. The molecule has 0 aliphatic heterocycles. The molecule has 1 aromatic carbocycles. The second-order valence-electron chi connectivity index (χ2n) is 3.07. The molecule has 0 spiro atoms. The minimum absolute atomic E-state index is 0.0966. The number of benzene rings is 1. The Kier molecular flexibility index (Phi) is 3.20. The largest absolute Gasteiger partial charge is 0.506 e. The van der Waals surface area contributed by atoms with E-state index in [-0.39, 0.29) is 5.75 Å². The molecule has 2 rings (SSSR count). The topological polar surface area (TPSA) is 44.0 Å². The second kappa shape index (κ2) is 4.46. The number of hydrogen-bond acceptors (Lipinski definition) is 3. The Morgan fingerprint density at radius 2 is 2.12 bits per heavy atom. The number of hydrogen-bond donors (Lipinski definition) is 1. The third kappa shape index (κ3) is 1.94. The molecule has 0 aliphatic rings. The van der Waals surface area contributed by atoms with Gasteiger partial charge in [-0.25, -0.2) is 0 Å². The quantitative estimate of drug-likeness (QED) is 0.847. The van der Waals surface area contributed by atoms with Crippen molar-refractivity contribution in [2.75, 3.05) is 0 Å². The fraction of sp³-hybridized carbons (Fsp3) is 0. The van der Waals surface area contributed by atoms with Gasteiger partial charge in [0.15, 0.2) is 0 Å². The summed E-state index contributed by atoms with van der Waals surface area (Å²) in [6, 6.07) is 7.04. The average molecular weight is 315 g/mol. The van der Waals surface area contributed by atoms with Crippen LogP contribution in [0, 0.1) is 11.3 Å². The van der Waals surface area contributed by atoms with E-state index in [1.165, 1.54) is 11.3 Å². The highest BCUT2D eigenvalue weighted by Crippen LogP contribution is 2.41. The first-order valence-corrected chi connectivity index (χ1v) is 6.34. The van der Waals surface area contributed by atoms with Crippen LogP contribution in [0.15, 0.2) is 28.1 Å². The number of nitrogens with zero attached hydrogens (tertiary/aromatic N) is 1. The lowest BCUT2D eigenvalue weighted by Gasteiger charge is -2.06. The fourth-order valence-electron chi connectivity index (χ4n) is 1.36. The zero-order chi connectivity index (χ0) is 11.7. The smallest absolute Gasteiger partial charge is 0.137 e. The molecule has 2 aromatic rings. The van der Waals surface area contributed by atoms with Gasteiger partial charge in [-0.1, -0.05) is 11.6 Å². The second-order valence-corrected chi connectivity index (χ2v) is 5.45. The number of halogens is 2. The van der Waals surface area contributed by atoms with Crippen LogP contribution in [0.1, 0.15) is 5.56 Å². The van der Waals surface area contributed by atoms with E-state index in [9.17, 15) is 5.11 Å². The lowest BCUT2D eigenvalue weighted by molar-refractivity contribution is 0.474. The molecule has 0 saturated carbocycles. The van der Waals surface area contributed by atoms with E-state index in [0.717, 1.165) is 5.56 Å². The summed E-state index contributed by atoms with van der Waals surface area (Å²) in [6.45, 7) is 0. The number of phenols is 1. The first kappa shape index (κ1) is 11.5. The molecule has 1 N–H and O–H groups in total. The number of rotatable bonds is 1. The first-order chi connectivity index (χ1) is 7.63. The summed E-state index contributed by atoms with van der Waals surface area (Å²) in [5.41, 5.74) is 1.78. The number of nitriles is 1. The predicted octanol–water partition coefficient (Wildman–Crippen LogP) is 4.41. The standard InChI is InChI=1S/C11H5BrClNOS/c12-9-4-6(5-14)3-8(10(9)15)7-1-2-16-11(7)13/h1-4,15H. The van der Waals surface area contributed by atoms with E-state index in [0.29, 0.717) is 19.9 Å². The van der Waals surface area contributed by atoms with Crippen molar-refractivity contribution in [2.45, 2.75) is 0 Å². The summed E-state index contributed by atoms with van der Waals surface area (Å²) in [4.78, 5) is 0. The Bertz CT molecular complexity index is 588. The molecule has 80 valence electrons. The SMILES string of the molecule is N#Cc1cc(Br)c(O)c(-c2ccsc2Cl)c1. The van der Waals surface area contributed by atoms with Crippen molar-refractivity contribution in [1.82, 2.24) is 0 Å². The van der Waals surface area contributed by atoms with Gasteiger partial charge in [0.1, 0.15) is 10.1 Å². The van der Waals surface area contributed by atoms with Gasteiger partial charge in [-0.3, -0.25) is 0 Å². The van der Waals surface area contributed by atoms with Crippen molar-refractivity contribution in [1.29, 1.82) is 5.26 Å². The van der Waals surface area contributed by atoms with Gasteiger partial charge in [0.2, 0.25) is 0 Å². The van der Waals surface area contributed by atoms with Crippen molar-refractivity contribution >= 4 is 38.9 Å². The molecule has 0 fully saturated rings. The summed E-state index contributed by atoms with van der Waals surface area (Å²) >= 11 is 10.6. The highest BCUT2D eigenvalue weighted by Gasteiger charge is 2.13. The monoisotopic (exact) mass is 313 g/mol. The zero-order valence-corrected chi connectivity index (χ0v) is 11.0. The molecule has 16 heavy (non-hydrogen) atoms. The number of phenolic OH excluding ortho intramolecular Hbond substituents is 1. The van der Waals surface area contributed by atoms with E-state index < -0.39 is 0 Å². The van der Waals surface area contributed by atoms with Crippen LogP contribution in [-0.4, -0.2) is 5.11 Å². The lowest BCUT2D eigenvalue weighted by Crippen LogP contribution is -1.82. The minimum Gasteiger partial charge on any atom is -0.506 e. The molecule has 0 saturated heterocycles. The maximum atomic E-state index is 9.90. The van der Waals surface area contributed by atoms with Gasteiger partial charge >= 0.3 is 0 Å².